The summed E-state index contributed by atoms with van der Waals surface area (Å²) in [6.07, 6.45) is 1.77. The SMILES string of the molecule is Cl.Clc1ccc2c(NCc3ccccc3Cl)ccnc2c1. The number of anilines is 1. The predicted octanol–water partition coefficient (Wildman–Crippen LogP) is 5.58. The monoisotopic (exact) mass is 338 g/mol. The molecule has 0 aliphatic heterocycles. The quantitative estimate of drug-likeness (QED) is 0.674. The molecule has 0 aliphatic carbocycles. The van der Waals surface area contributed by atoms with Gasteiger partial charge in [-0.3, -0.25) is 4.98 Å². The maximum Gasteiger partial charge on any atom is 0.0737 e. The van der Waals surface area contributed by atoms with E-state index in [1.807, 2.05) is 48.5 Å². The summed E-state index contributed by atoms with van der Waals surface area (Å²) in [5.74, 6) is 0. The van der Waals surface area contributed by atoms with Crippen molar-refractivity contribution in [2.24, 2.45) is 0 Å². The van der Waals surface area contributed by atoms with Gasteiger partial charge in [-0.2, -0.15) is 0 Å². The van der Waals surface area contributed by atoms with Gasteiger partial charge in [-0.05, 0) is 35.9 Å². The first-order chi connectivity index (χ1) is 9.74. The Morgan fingerprint density at radius 3 is 2.62 bits per heavy atom. The van der Waals surface area contributed by atoms with Crippen LogP contribution in [-0.4, -0.2) is 4.98 Å². The molecule has 1 aromatic heterocycles. The maximum absolute atomic E-state index is 6.16. The molecule has 0 unspecified atom stereocenters. The van der Waals surface area contributed by atoms with Crippen LogP contribution < -0.4 is 5.32 Å². The number of pyridine rings is 1. The van der Waals surface area contributed by atoms with Gasteiger partial charge in [-0.25, -0.2) is 0 Å². The Balaban J connectivity index is 0.00000161. The van der Waals surface area contributed by atoms with Crippen molar-refractivity contribution in [2.45, 2.75) is 6.54 Å². The fourth-order valence-electron chi connectivity index (χ4n) is 2.11. The lowest BCUT2D eigenvalue weighted by Gasteiger charge is -2.10. The molecule has 0 bridgehead atoms. The Labute approximate surface area is 139 Å². The summed E-state index contributed by atoms with van der Waals surface area (Å²) < 4.78 is 0. The van der Waals surface area contributed by atoms with Crippen molar-refractivity contribution < 1.29 is 0 Å². The highest BCUT2D eigenvalue weighted by Crippen LogP contribution is 2.25. The highest BCUT2D eigenvalue weighted by atomic mass is 35.5. The standard InChI is InChI=1S/C16H12Cl2N2.ClH/c17-12-5-6-13-15(7-8-19-16(13)9-12)20-10-11-3-1-2-4-14(11)18;/h1-9H,10H2,(H,19,20);1H. The van der Waals surface area contributed by atoms with Crippen molar-refractivity contribution in [1.82, 2.24) is 4.98 Å². The smallest absolute Gasteiger partial charge is 0.0737 e. The molecule has 0 atom stereocenters. The first kappa shape index (κ1) is 15.9. The van der Waals surface area contributed by atoms with Crippen LogP contribution in [-0.2, 0) is 6.54 Å². The van der Waals surface area contributed by atoms with Gasteiger partial charge < -0.3 is 5.32 Å². The molecule has 1 heterocycles. The van der Waals surface area contributed by atoms with Crippen molar-refractivity contribution in [3.05, 3.63) is 70.3 Å². The molecule has 5 heteroatoms. The van der Waals surface area contributed by atoms with Crippen LogP contribution in [0.4, 0.5) is 5.69 Å². The van der Waals surface area contributed by atoms with Gasteiger partial charge in [0.25, 0.3) is 0 Å². The lowest BCUT2D eigenvalue weighted by molar-refractivity contribution is 1.15. The molecule has 108 valence electrons. The van der Waals surface area contributed by atoms with Crippen LogP contribution in [0.25, 0.3) is 10.9 Å². The van der Waals surface area contributed by atoms with Gasteiger partial charge in [0.15, 0.2) is 0 Å². The van der Waals surface area contributed by atoms with Crippen molar-refractivity contribution in [3.63, 3.8) is 0 Å². The Bertz CT molecular complexity index is 759. The minimum atomic E-state index is 0. The third kappa shape index (κ3) is 3.59. The molecule has 0 fully saturated rings. The molecule has 3 aromatic rings. The van der Waals surface area contributed by atoms with E-state index in [9.17, 15) is 0 Å². The molecule has 21 heavy (non-hydrogen) atoms. The van der Waals surface area contributed by atoms with Gasteiger partial charge in [0.05, 0.1) is 5.52 Å². The van der Waals surface area contributed by atoms with Gasteiger partial charge in [0, 0.05) is 33.9 Å². The number of nitrogens with zero attached hydrogens (tertiary/aromatic N) is 1. The molecule has 2 nitrogen and oxygen atoms in total. The van der Waals surface area contributed by atoms with E-state index in [1.54, 1.807) is 6.20 Å². The van der Waals surface area contributed by atoms with E-state index in [2.05, 4.69) is 10.3 Å². The first-order valence-corrected chi connectivity index (χ1v) is 7.01. The normalized spacial score (nSPS) is 10.2. The molecule has 0 amide bonds. The van der Waals surface area contributed by atoms with Gasteiger partial charge in [0.1, 0.15) is 0 Å². The number of benzene rings is 2. The Kier molecular flexibility index (Phi) is 5.29. The van der Waals surface area contributed by atoms with Crippen molar-refractivity contribution in [1.29, 1.82) is 0 Å². The molecule has 0 saturated heterocycles. The van der Waals surface area contributed by atoms with Crippen LogP contribution in [0.15, 0.2) is 54.7 Å². The van der Waals surface area contributed by atoms with Gasteiger partial charge in [0.2, 0.25) is 0 Å². The first-order valence-electron chi connectivity index (χ1n) is 6.25. The van der Waals surface area contributed by atoms with Crippen molar-refractivity contribution in [3.8, 4) is 0 Å². The summed E-state index contributed by atoms with van der Waals surface area (Å²) in [7, 11) is 0. The van der Waals surface area contributed by atoms with Crippen LogP contribution >= 0.6 is 35.6 Å². The second kappa shape index (κ2) is 6.99. The van der Waals surface area contributed by atoms with Gasteiger partial charge in [-0.1, -0.05) is 41.4 Å². The number of halogens is 3. The molecular weight excluding hydrogens is 327 g/mol. The Morgan fingerprint density at radius 1 is 1.00 bits per heavy atom. The minimum absolute atomic E-state index is 0. The Hall–Kier alpha value is -1.48. The zero-order valence-corrected chi connectivity index (χ0v) is 13.3. The van der Waals surface area contributed by atoms with Crippen LogP contribution in [0.5, 0.6) is 0 Å². The van der Waals surface area contributed by atoms with Crippen molar-refractivity contribution >= 4 is 52.2 Å². The van der Waals surface area contributed by atoms with E-state index in [0.717, 1.165) is 27.2 Å². The second-order valence-corrected chi connectivity index (χ2v) is 5.31. The average molecular weight is 340 g/mol. The van der Waals surface area contributed by atoms with Crippen molar-refractivity contribution in [2.75, 3.05) is 5.32 Å². The number of aromatic nitrogens is 1. The molecule has 0 aliphatic rings. The number of rotatable bonds is 3. The van der Waals surface area contributed by atoms with E-state index in [0.29, 0.717) is 11.6 Å². The summed E-state index contributed by atoms with van der Waals surface area (Å²) in [5.41, 5.74) is 2.96. The van der Waals surface area contributed by atoms with E-state index in [1.165, 1.54) is 0 Å². The minimum Gasteiger partial charge on any atom is -0.380 e. The molecule has 3 rings (SSSR count). The van der Waals surface area contributed by atoms with Gasteiger partial charge >= 0.3 is 0 Å². The summed E-state index contributed by atoms with van der Waals surface area (Å²) in [5, 5.41) is 5.90. The third-order valence-electron chi connectivity index (χ3n) is 3.13. The van der Waals surface area contributed by atoms with Gasteiger partial charge in [-0.15, -0.1) is 12.4 Å². The summed E-state index contributed by atoms with van der Waals surface area (Å²) in [6, 6.07) is 15.5. The number of fused-ring (bicyclic) bond motifs is 1. The van der Waals surface area contributed by atoms with Crippen LogP contribution in [0, 0.1) is 0 Å². The van der Waals surface area contributed by atoms with Crippen LogP contribution in [0.3, 0.4) is 0 Å². The highest BCUT2D eigenvalue weighted by Gasteiger charge is 2.04. The molecular formula is C16H13Cl3N2. The lowest BCUT2D eigenvalue weighted by atomic mass is 10.1. The van der Waals surface area contributed by atoms with E-state index < -0.39 is 0 Å². The number of nitrogens with one attached hydrogen (secondary N) is 1. The van der Waals surface area contributed by atoms with E-state index >= 15 is 0 Å². The molecule has 0 radical (unpaired) electrons. The zero-order valence-electron chi connectivity index (χ0n) is 11.0. The fourth-order valence-corrected chi connectivity index (χ4v) is 2.48. The lowest BCUT2D eigenvalue weighted by Crippen LogP contribution is -2.00. The average Bonchev–Trinajstić information content (AvgIpc) is 2.46. The molecule has 0 spiro atoms. The second-order valence-electron chi connectivity index (χ2n) is 4.46. The fraction of sp³-hybridized carbons (Fsp3) is 0.0625. The number of hydrogen-bond acceptors (Lipinski definition) is 2. The van der Waals surface area contributed by atoms with Crippen LogP contribution in [0.2, 0.25) is 10.0 Å². The molecule has 1 N–H and O–H groups in total. The van der Waals surface area contributed by atoms with Crippen LogP contribution in [0.1, 0.15) is 5.56 Å². The zero-order chi connectivity index (χ0) is 13.9. The third-order valence-corrected chi connectivity index (χ3v) is 3.74. The topological polar surface area (TPSA) is 24.9 Å². The Morgan fingerprint density at radius 2 is 1.81 bits per heavy atom. The number of hydrogen-bond donors (Lipinski definition) is 1. The highest BCUT2D eigenvalue weighted by molar-refractivity contribution is 6.31. The molecule has 0 saturated carbocycles. The largest absolute Gasteiger partial charge is 0.380 e. The maximum atomic E-state index is 6.16. The summed E-state index contributed by atoms with van der Waals surface area (Å²) in [6.45, 7) is 0.668. The molecule has 2 aromatic carbocycles. The van der Waals surface area contributed by atoms with E-state index in [4.69, 9.17) is 23.2 Å². The van der Waals surface area contributed by atoms with E-state index in [-0.39, 0.29) is 12.4 Å². The predicted molar refractivity (Wildman–Crippen MR) is 92.8 cm³/mol. The summed E-state index contributed by atoms with van der Waals surface area (Å²) in [4.78, 5) is 4.32. The summed E-state index contributed by atoms with van der Waals surface area (Å²) >= 11 is 12.1.